The summed E-state index contributed by atoms with van der Waals surface area (Å²) in [5.74, 6) is 1.29. The van der Waals surface area contributed by atoms with Gasteiger partial charge in [-0.15, -0.1) is 0 Å². The largest absolute Gasteiger partial charge is 0.493 e. The number of fused-ring (bicyclic) bond motifs is 1. The van der Waals surface area contributed by atoms with Gasteiger partial charge in [0, 0.05) is 29.3 Å². The number of thiol groups is 1. The number of urea groups is 1. The lowest BCUT2D eigenvalue weighted by Gasteiger charge is -2.25. The van der Waals surface area contributed by atoms with Crippen molar-refractivity contribution < 1.29 is 14.3 Å². The molecule has 2 aliphatic heterocycles. The van der Waals surface area contributed by atoms with Crippen LogP contribution in [0.1, 0.15) is 35.6 Å². The molecule has 33 heavy (non-hydrogen) atoms. The first-order chi connectivity index (χ1) is 16.0. The monoisotopic (exact) mass is 466 g/mol. The number of hydrogen-bond acceptors (Lipinski definition) is 5. The van der Waals surface area contributed by atoms with Crippen molar-refractivity contribution in [3.63, 3.8) is 0 Å². The number of aliphatic imine (C=N–C) groups is 1. The molecule has 0 bridgehead atoms. The third kappa shape index (κ3) is 4.48. The van der Waals surface area contributed by atoms with Gasteiger partial charge in [0.1, 0.15) is 0 Å². The van der Waals surface area contributed by atoms with Gasteiger partial charge in [-0.2, -0.15) is 16.0 Å². The van der Waals surface area contributed by atoms with Crippen LogP contribution in [-0.2, 0) is 6.42 Å². The van der Waals surface area contributed by atoms with Gasteiger partial charge in [-0.05, 0) is 42.2 Å². The van der Waals surface area contributed by atoms with E-state index in [2.05, 4.69) is 41.0 Å². The molecule has 174 valence electrons. The van der Waals surface area contributed by atoms with Gasteiger partial charge in [0.05, 0.1) is 31.7 Å². The van der Waals surface area contributed by atoms with E-state index in [-0.39, 0.29) is 23.0 Å². The Kier molecular flexibility index (Phi) is 6.74. The minimum atomic E-state index is -0.273. The summed E-state index contributed by atoms with van der Waals surface area (Å²) in [5.41, 5.74) is 7.71. The number of ether oxygens (including phenoxy) is 2. The van der Waals surface area contributed by atoms with E-state index in [1.165, 1.54) is 0 Å². The standard InChI is InChI=1S/C25H30N4O3S/c1-6-19-11-18-12-22(31-3)23(32-4)13-20(18)24(28-29(19)25(30)26-2)17-9-7-16(8-10-17)21-14-33(5)15-27-21/h7-10,12-15,19,33H,6,11H2,1-5H3,(H,26,30). The number of amides is 2. The van der Waals surface area contributed by atoms with Gasteiger partial charge in [0.25, 0.3) is 0 Å². The SMILES string of the molecule is CCC1Cc2cc(OC)c(OC)cc2C(c2ccc(C3=C[SH](C)C=N3)cc2)=NN1C(=O)NC. The summed E-state index contributed by atoms with van der Waals surface area (Å²) in [5, 5.41) is 11.4. The summed E-state index contributed by atoms with van der Waals surface area (Å²) in [4.78, 5) is 17.3. The highest BCUT2D eigenvalue weighted by Crippen LogP contribution is 2.36. The van der Waals surface area contributed by atoms with E-state index >= 15 is 0 Å². The fourth-order valence-corrected chi connectivity index (χ4v) is 5.09. The molecule has 7 nitrogen and oxygen atoms in total. The third-order valence-corrected chi connectivity index (χ3v) is 7.06. The second kappa shape index (κ2) is 9.70. The van der Waals surface area contributed by atoms with Crippen molar-refractivity contribution in [1.29, 1.82) is 0 Å². The Bertz CT molecular complexity index is 1140. The maximum atomic E-state index is 12.8. The maximum absolute atomic E-state index is 12.8. The van der Waals surface area contributed by atoms with E-state index < -0.39 is 0 Å². The molecule has 1 N–H and O–H groups in total. The Hall–Kier alpha value is -3.26. The minimum absolute atomic E-state index is 0.0830. The van der Waals surface area contributed by atoms with Crippen LogP contribution in [-0.4, -0.2) is 55.9 Å². The molecule has 2 aliphatic rings. The summed E-state index contributed by atoms with van der Waals surface area (Å²) in [6.07, 6.45) is 3.60. The van der Waals surface area contributed by atoms with E-state index in [1.807, 2.05) is 29.8 Å². The number of nitrogens with one attached hydrogen (secondary N) is 1. The lowest BCUT2D eigenvalue weighted by molar-refractivity contribution is 0.177. The Labute approximate surface area is 197 Å². The third-order valence-electron chi connectivity index (χ3n) is 5.93. The Balaban J connectivity index is 1.86. The van der Waals surface area contributed by atoms with Gasteiger partial charge < -0.3 is 14.8 Å². The number of nitrogens with zero attached hydrogens (tertiary/aromatic N) is 3. The molecule has 2 unspecified atom stereocenters. The fraction of sp³-hybridized carbons (Fsp3) is 0.320. The molecule has 2 amide bonds. The zero-order valence-corrected chi connectivity index (χ0v) is 20.5. The van der Waals surface area contributed by atoms with Crippen molar-refractivity contribution in [2.45, 2.75) is 25.8 Å². The molecule has 0 aliphatic carbocycles. The molecular weight excluding hydrogens is 436 g/mol. The maximum Gasteiger partial charge on any atom is 0.337 e. The minimum Gasteiger partial charge on any atom is -0.493 e. The van der Waals surface area contributed by atoms with E-state index in [4.69, 9.17) is 14.6 Å². The van der Waals surface area contributed by atoms with Gasteiger partial charge >= 0.3 is 6.03 Å². The normalized spacial score (nSPS) is 20.5. The van der Waals surface area contributed by atoms with Crippen LogP contribution < -0.4 is 14.8 Å². The van der Waals surface area contributed by atoms with Crippen molar-refractivity contribution in [3.8, 4) is 11.5 Å². The van der Waals surface area contributed by atoms with Crippen LogP contribution in [0.2, 0.25) is 0 Å². The topological polar surface area (TPSA) is 75.5 Å². The molecule has 0 saturated carbocycles. The lowest BCUT2D eigenvalue weighted by Crippen LogP contribution is -2.42. The highest BCUT2D eigenvalue weighted by molar-refractivity contribution is 8.30. The first-order valence-corrected chi connectivity index (χ1v) is 12.8. The second-order valence-corrected chi connectivity index (χ2v) is 9.80. The Morgan fingerprint density at radius 2 is 1.82 bits per heavy atom. The quantitative estimate of drug-likeness (QED) is 0.641. The molecule has 2 atom stereocenters. The lowest BCUT2D eigenvalue weighted by atomic mass is 9.92. The van der Waals surface area contributed by atoms with Crippen LogP contribution in [0.25, 0.3) is 5.70 Å². The number of carbonyl (C=O) groups is 1. The molecule has 0 radical (unpaired) electrons. The predicted molar refractivity (Wildman–Crippen MR) is 137 cm³/mol. The second-order valence-electron chi connectivity index (χ2n) is 7.98. The average molecular weight is 467 g/mol. The Morgan fingerprint density at radius 3 is 2.39 bits per heavy atom. The molecule has 4 rings (SSSR count). The van der Waals surface area contributed by atoms with Gasteiger partial charge in [-0.3, -0.25) is 4.99 Å². The number of hydrogen-bond donors (Lipinski definition) is 2. The molecule has 0 saturated heterocycles. The number of carbonyl (C=O) groups excluding carboxylic acids is 1. The summed E-state index contributed by atoms with van der Waals surface area (Å²) >= 11 is 0. The Morgan fingerprint density at radius 1 is 1.15 bits per heavy atom. The van der Waals surface area contributed by atoms with Crippen molar-refractivity contribution in [1.82, 2.24) is 10.3 Å². The van der Waals surface area contributed by atoms with Crippen LogP contribution in [0, 0.1) is 0 Å². The number of benzene rings is 2. The van der Waals surface area contributed by atoms with Crippen LogP contribution in [0.4, 0.5) is 4.79 Å². The predicted octanol–water partition coefficient (Wildman–Crippen LogP) is 4.40. The summed E-state index contributed by atoms with van der Waals surface area (Å²) < 4.78 is 11.1. The molecule has 8 heteroatoms. The van der Waals surface area contributed by atoms with Crippen LogP contribution in [0.3, 0.4) is 0 Å². The zero-order chi connectivity index (χ0) is 23.5. The van der Waals surface area contributed by atoms with Crippen molar-refractivity contribution in [2.75, 3.05) is 27.5 Å². The van der Waals surface area contributed by atoms with E-state index in [0.29, 0.717) is 17.9 Å². The highest BCUT2D eigenvalue weighted by atomic mass is 32.2. The molecule has 2 heterocycles. The summed E-state index contributed by atoms with van der Waals surface area (Å²) in [6.45, 7) is 2.06. The fourth-order valence-electron chi connectivity index (χ4n) is 4.11. The number of rotatable bonds is 5. The highest BCUT2D eigenvalue weighted by Gasteiger charge is 2.30. The van der Waals surface area contributed by atoms with Gasteiger partial charge in [-0.1, -0.05) is 31.2 Å². The number of methoxy groups -OCH3 is 2. The van der Waals surface area contributed by atoms with Gasteiger partial charge in [-0.25, -0.2) is 9.80 Å². The molecule has 0 aromatic heterocycles. The van der Waals surface area contributed by atoms with Crippen molar-refractivity contribution >= 4 is 33.9 Å². The van der Waals surface area contributed by atoms with Crippen LogP contribution in [0.15, 0.2) is 51.9 Å². The van der Waals surface area contributed by atoms with E-state index in [9.17, 15) is 4.79 Å². The first-order valence-electron chi connectivity index (χ1n) is 10.9. The van der Waals surface area contributed by atoms with Crippen LogP contribution in [0.5, 0.6) is 11.5 Å². The zero-order valence-electron chi connectivity index (χ0n) is 19.6. The van der Waals surface area contributed by atoms with Crippen molar-refractivity contribution in [2.24, 2.45) is 10.1 Å². The average Bonchev–Trinajstić information content (AvgIpc) is 3.21. The van der Waals surface area contributed by atoms with E-state index in [0.717, 1.165) is 40.1 Å². The summed E-state index contributed by atoms with van der Waals surface area (Å²) in [6, 6.07) is 11.8. The van der Waals surface area contributed by atoms with E-state index in [1.54, 1.807) is 26.3 Å². The smallest absolute Gasteiger partial charge is 0.337 e. The molecular formula is C25H30N4O3S. The molecule has 0 fully saturated rings. The first kappa shape index (κ1) is 22.9. The molecule has 2 aromatic carbocycles. The molecule has 0 spiro atoms. The van der Waals surface area contributed by atoms with Crippen LogP contribution >= 0.6 is 10.9 Å². The van der Waals surface area contributed by atoms with Gasteiger partial charge in [0.15, 0.2) is 11.5 Å². The van der Waals surface area contributed by atoms with Gasteiger partial charge in [0.2, 0.25) is 0 Å². The summed E-state index contributed by atoms with van der Waals surface area (Å²) in [7, 11) is 4.61. The number of hydrazone groups is 1. The molecule has 2 aromatic rings. The van der Waals surface area contributed by atoms with Crippen molar-refractivity contribution in [3.05, 3.63) is 64.1 Å².